The van der Waals surface area contributed by atoms with Crippen LogP contribution in [0.2, 0.25) is 10.0 Å². The Hall–Kier alpha value is -2.15. The lowest BCUT2D eigenvalue weighted by molar-refractivity contribution is 0.0610. The van der Waals surface area contributed by atoms with E-state index in [0.29, 0.717) is 28.7 Å². The van der Waals surface area contributed by atoms with Crippen LogP contribution in [0.1, 0.15) is 15.9 Å². The quantitative estimate of drug-likeness (QED) is 0.706. The van der Waals surface area contributed by atoms with Gasteiger partial charge in [-0.1, -0.05) is 23.2 Å². The molecule has 132 valence electrons. The normalized spacial score (nSPS) is 27.0. The number of carbonyl (C=O) groups is 1. The SMILES string of the molecule is O=C(c1cncc(Cl)c1)N1C[C@@H]2[C@H](C1)[C@@]2(O)c1cc(Cl)cc2[nH]ncc12. The number of pyridine rings is 1. The van der Waals surface area contributed by atoms with E-state index in [0.717, 1.165) is 16.5 Å². The molecule has 5 rings (SSSR count). The molecule has 1 amide bonds. The Balaban J connectivity index is 1.42. The van der Waals surface area contributed by atoms with Crippen molar-refractivity contribution in [2.24, 2.45) is 11.8 Å². The van der Waals surface area contributed by atoms with Crippen molar-refractivity contribution in [2.45, 2.75) is 5.60 Å². The highest BCUT2D eigenvalue weighted by molar-refractivity contribution is 6.31. The number of benzene rings is 1. The van der Waals surface area contributed by atoms with Gasteiger partial charge in [-0.3, -0.25) is 14.9 Å². The number of nitrogens with one attached hydrogen (secondary N) is 1. The van der Waals surface area contributed by atoms with Crippen molar-refractivity contribution in [1.29, 1.82) is 0 Å². The van der Waals surface area contributed by atoms with Gasteiger partial charge < -0.3 is 10.0 Å². The standard InChI is InChI=1S/C18H14Cl2N4O2/c19-10-2-13(12-6-22-23-16(12)3-10)18(26)14-7-24(8-15(14)18)17(25)9-1-11(20)5-21-4-9/h1-6,14-15,26H,7-8H2,(H,22,23)/t14-,15+,18-. The summed E-state index contributed by atoms with van der Waals surface area (Å²) < 4.78 is 0. The summed E-state index contributed by atoms with van der Waals surface area (Å²) in [7, 11) is 0. The Kier molecular flexibility index (Phi) is 3.35. The summed E-state index contributed by atoms with van der Waals surface area (Å²) in [5.41, 5.74) is 1.06. The van der Waals surface area contributed by atoms with Crippen LogP contribution in [0, 0.1) is 11.8 Å². The first-order valence-corrected chi connectivity index (χ1v) is 8.99. The molecule has 8 heteroatoms. The number of rotatable bonds is 2. The molecule has 6 nitrogen and oxygen atoms in total. The van der Waals surface area contributed by atoms with E-state index in [1.165, 1.54) is 12.4 Å². The number of piperidine rings is 1. The van der Waals surface area contributed by atoms with Crippen LogP contribution in [0.15, 0.2) is 36.8 Å². The number of aromatic nitrogens is 3. The first kappa shape index (κ1) is 16.1. The zero-order chi connectivity index (χ0) is 18.1. The monoisotopic (exact) mass is 388 g/mol. The van der Waals surface area contributed by atoms with Gasteiger partial charge in [-0.2, -0.15) is 5.10 Å². The van der Waals surface area contributed by atoms with E-state index in [1.54, 1.807) is 29.3 Å². The first-order valence-electron chi connectivity index (χ1n) is 8.24. The lowest BCUT2D eigenvalue weighted by atomic mass is 9.99. The number of H-pyrrole nitrogens is 1. The van der Waals surface area contributed by atoms with E-state index in [9.17, 15) is 9.90 Å². The predicted octanol–water partition coefficient (Wildman–Crippen LogP) is 2.85. The Morgan fingerprint density at radius 2 is 1.92 bits per heavy atom. The average molecular weight is 389 g/mol. The number of aliphatic hydroxyl groups is 1. The van der Waals surface area contributed by atoms with Crippen molar-refractivity contribution in [2.75, 3.05) is 13.1 Å². The van der Waals surface area contributed by atoms with Gasteiger partial charge in [0.1, 0.15) is 5.60 Å². The van der Waals surface area contributed by atoms with Gasteiger partial charge in [-0.25, -0.2) is 0 Å². The van der Waals surface area contributed by atoms with Gasteiger partial charge in [0.15, 0.2) is 0 Å². The Bertz CT molecular complexity index is 1040. The number of halogens is 2. The van der Waals surface area contributed by atoms with E-state index in [2.05, 4.69) is 15.2 Å². The molecule has 3 atom stereocenters. The molecule has 2 aliphatic rings. The fraction of sp³-hybridized carbons (Fsp3) is 0.278. The van der Waals surface area contributed by atoms with Crippen LogP contribution >= 0.6 is 23.2 Å². The summed E-state index contributed by atoms with van der Waals surface area (Å²) in [6.45, 7) is 0.969. The minimum absolute atomic E-state index is 0.0184. The lowest BCUT2D eigenvalue weighted by Crippen LogP contribution is -2.35. The molecule has 0 radical (unpaired) electrons. The number of hydrogen-bond acceptors (Lipinski definition) is 4. The number of amides is 1. The molecule has 2 fully saturated rings. The molecular formula is C18H14Cl2N4O2. The molecule has 0 unspecified atom stereocenters. The highest BCUT2D eigenvalue weighted by Crippen LogP contribution is 2.63. The molecule has 1 saturated heterocycles. The van der Waals surface area contributed by atoms with Gasteiger partial charge in [0, 0.05) is 47.7 Å². The number of hydrogen-bond donors (Lipinski definition) is 2. The highest BCUT2D eigenvalue weighted by Gasteiger charge is 2.69. The molecule has 2 N–H and O–H groups in total. The first-order chi connectivity index (χ1) is 12.5. The molecule has 1 aliphatic heterocycles. The van der Waals surface area contributed by atoms with Crippen molar-refractivity contribution >= 4 is 40.0 Å². The van der Waals surface area contributed by atoms with Gasteiger partial charge in [-0.15, -0.1) is 0 Å². The highest BCUT2D eigenvalue weighted by atomic mass is 35.5. The van der Waals surface area contributed by atoms with Gasteiger partial charge >= 0.3 is 0 Å². The zero-order valence-electron chi connectivity index (χ0n) is 13.5. The van der Waals surface area contributed by atoms with Gasteiger partial charge in [-0.05, 0) is 23.8 Å². The molecule has 1 aliphatic carbocycles. The molecule has 26 heavy (non-hydrogen) atoms. The van der Waals surface area contributed by atoms with Crippen molar-refractivity contribution in [3.05, 3.63) is 58.0 Å². The van der Waals surface area contributed by atoms with Crippen LogP contribution in [0.4, 0.5) is 0 Å². The van der Waals surface area contributed by atoms with E-state index in [1.807, 2.05) is 0 Å². The summed E-state index contributed by atoms with van der Waals surface area (Å²) in [4.78, 5) is 18.4. The number of aromatic amines is 1. The van der Waals surface area contributed by atoms with Gasteiger partial charge in [0.05, 0.1) is 22.3 Å². The summed E-state index contributed by atoms with van der Waals surface area (Å²) in [5.74, 6) is -0.153. The second-order valence-electron chi connectivity index (χ2n) is 6.92. The minimum Gasteiger partial charge on any atom is -0.384 e. The topological polar surface area (TPSA) is 82.1 Å². The predicted molar refractivity (Wildman–Crippen MR) is 97.1 cm³/mol. The second kappa shape index (κ2) is 5.42. The van der Waals surface area contributed by atoms with Crippen LogP contribution < -0.4 is 0 Å². The van der Waals surface area contributed by atoms with Crippen molar-refractivity contribution in [3.8, 4) is 0 Å². The molecule has 3 aromatic rings. The fourth-order valence-corrected chi connectivity index (χ4v) is 4.62. The van der Waals surface area contributed by atoms with E-state index < -0.39 is 5.60 Å². The number of fused-ring (bicyclic) bond motifs is 2. The largest absolute Gasteiger partial charge is 0.384 e. The van der Waals surface area contributed by atoms with Crippen LogP contribution in [0.3, 0.4) is 0 Å². The molecule has 2 aromatic heterocycles. The minimum atomic E-state index is -0.976. The van der Waals surface area contributed by atoms with Crippen molar-refractivity contribution < 1.29 is 9.90 Å². The van der Waals surface area contributed by atoms with Gasteiger partial charge in [0.2, 0.25) is 0 Å². The Labute approximate surface area is 158 Å². The molecule has 0 bridgehead atoms. The number of likely N-dealkylation sites (tertiary alicyclic amines) is 1. The third kappa shape index (κ3) is 2.19. The molecule has 1 saturated carbocycles. The van der Waals surface area contributed by atoms with Crippen molar-refractivity contribution in [3.63, 3.8) is 0 Å². The smallest absolute Gasteiger partial charge is 0.255 e. The van der Waals surface area contributed by atoms with E-state index >= 15 is 0 Å². The van der Waals surface area contributed by atoms with Crippen molar-refractivity contribution in [1.82, 2.24) is 20.1 Å². The molecule has 3 heterocycles. The fourth-order valence-electron chi connectivity index (χ4n) is 4.23. The van der Waals surface area contributed by atoms with E-state index in [4.69, 9.17) is 23.2 Å². The third-order valence-corrected chi connectivity index (χ3v) is 5.96. The summed E-state index contributed by atoms with van der Waals surface area (Å²) in [5, 5.41) is 20.0. The maximum absolute atomic E-state index is 12.6. The maximum atomic E-state index is 12.6. The second-order valence-corrected chi connectivity index (χ2v) is 7.80. The average Bonchev–Trinajstić information content (AvgIpc) is 3.06. The van der Waals surface area contributed by atoms with Crippen LogP contribution in [0.5, 0.6) is 0 Å². The van der Waals surface area contributed by atoms with E-state index in [-0.39, 0.29) is 17.7 Å². The molecular weight excluding hydrogens is 375 g/mol. The summed E-state index contributed by atoms with van der Waals surface area (Å²) in [6.07, 6.45) is 4.71. The van der Waals surface area contributed by atoms with Gasteiger partial charge in [0.25, 0.3) is 5.91 Å². The zero-order valence-corrected chi connectivity index (χ0v) is 15.0. The number of nitrogens with zero attached hydrogens (tertiary/aromatic N) is 3. The van der Waals surface area contributed by atoms with Crippen LogP contribution in [-0.4, -0.2) is 44.2 Å². The van der Waals surface area contributed by atoms with Crippen LogP contribution in [-0.2, 0) is 5.60 Å². The number of carbonyl (C=O) groups excluding carboxylic acids is 1. The summed E-state index contributed by atoms with van der Waals surface area (Å²) >= 11 is 12.1. The summed E-state index contributed by atoms with van der Waals surface area (Å²) in [6, 6.07) is 5.20. The maximum Gasteiger partial charge on any atom is 0.255 e. The molecule has 1 aromatic carbocycles. The third-order valence-electron chi connectivity index (χ3n) is 5.54. The Morgan fingerprint density at radius 3 is 2.65 bits per heavy atom. The molecule has 0 spiro atoms. The Morgan fingerprint density at radius 1 is 1.15 bits per heavy atom. The van der Waals surface area contributed by atoms with Crippen LogP contribution in [0.25, 0.3) is 10.9 Å². The lowest BCUT2D eigenvalue weighted by Gasteiger charge is -2.24.